The first-order valence-electron chi connectivity index (χ1n) is 10.8. The first-order chi connectivity index (χ1) is 15.5. The second kappa shape index (κ2) is 9.71. The van der Waals surface area contributed by atoms with Crippen LogP contribution in [0.2, 0.25) is 0 Å². The standard InChI is InChI=1S/C22H26FN7O2/c1-15-5-6-16(14-17(15)23)25-21(31)10-9-20-27-26-19-8-7-18(28-30(19)20)24-11-3-13-29-12-2-4-22(29)32/h5-8,14H,2-4,9-13H2,1H3,(H,24,28)(H,25,31). The molecule has 0 unspecified atom stereocenters. The van der Waals surface area contributed by atoms with Crippen molar-refractivity contribution in [2.75, 3.05) is 30.3 Å². The molecule has 168 valence electrons. The maximum Gasteiger partial charge on any atom is 0.224 e. The second-order valence-electron chi connectivity index (χ2n) is 7.88. The van der Waals surface area contributed by atoms with Crippen LogP contribution in [0.3, 0.4) is 0 Å². The molecule has 0 atom stereocenters. The molecule has 1 aliphatic heterocycles. The topological polar surface area (TPSA) is 105 Å². The molecule has 1 fully saturated rings. The van der Waals surface area contributed by atoms with Gasteiger partial charge in [-0.2, -0.15) is 4.52 Å². The largest absolute Gasteiger partial charge is 0.369 e. The Kier molecular flexibility index (Phi) is 6.58. The van der Waals surface area contributed by atoms with Gasteiger partial charge in [0.25, 0.3) is 0 Å². The summed E-state index contributed by atoms with van der Waals surface area (Å²) in [5.41, 5.74) is 1.54. The molecular weight excluding hydrogens is 413 g/mol. The predicted molar refractivity (Wildman–Crippen MR) is 118 cm³/mol. The van der Waals surface area contributed by atoms with Gasteiger partial charge in [0.05, 0.1) is 0 Å². The maximum absolute atomic E-state index is 13.7. The normalized spacial score (nSPS) is 13.7. The lowest BCUT2D eigenvalue weighted by atomic mass is 10.2. The molecule has 9 nitrogen and oxygen atoms in total. The van der Waals surface area contributed by atoms with E-state index < -0.39 is 0 Å². The van der Waals surface area contributed by atoms with Gasteiger partial charge in [-0.05, 0) is 49.6 Å². The summed E-state index contributed by atoms with van der Waals surface area (Å²) in [4.78, 5) is 25.8. The Hall–Kier alpha value is -3.56. The second-order valence-corrected chi connectivity index (χ2v) is 7.88. The smallest absolute Gasteiger partial charge is 0.224 e. The Labute approximate surface area is 185 Å². The lowest BCUT2D eigenvalue weighted by molar-refractivity contribution is -0.127. The molecular formula is C22H26FN7O2. The van der Waals surface area contributed by atoms with Crippen molar-refractivity contribution in [1.29, 1.82) is 0 Å². The number of halogens is 1. The van der Waals surface area contributed by atoms with Crippen molar-refractivity contribution in [1.82, 2.24) is 24.7 Å². The highest BCUT2D eigenvalue weighted by Crippen LogP contribution is 2.15. The Balaban J connectivity index is 1.30. The van der Waals surface area contributed by atoms with Gasteiger partial charge in [0.15, 0.2) is 11.5 Å². The lowest BCUT2D eigenvalue weighted by Gasteiger charge is -2.15. The van der Waals surface area contributed by atoms with Crippen LogP contribution < -0.4 is 10.6 Å². The van der Waals surface area contributed by atoms with Gasteiger partial charge in [0.1, 0.15) is 11.6 Å². The van der Waals surface area contributed by atoms with Gasteiger partial charge in [-0.1, -0.05) is 6.07 Å². The quantitative estimate of drug-likeness (QED) is 0.497. The molecule has 3 aromatic rings. The van der Waals surface area contributed by atoms with Gasteiger partial charge in [0, 0.05) is 44.6 Å². The van der Waals surface area contributed by atoms with Crippen molar-refractivity contribution in [3.63, 3.8) is 0 Å². The van der Waals surface area contributed by atoms with Crippen LogP contribution in [-0.2, 0) is 16.0 Å². The van der Waals surface area contributed by atoms with Crippen molar-refractivity contribution in [3.05, 3.63) is 47.5 Å². The molecule has 1 aliphatic rings. The average molecular weight is 439 g/mol. The monoisotopic (exact) mass is 439 g/mol. The summed E-state index contributed by atoms with van der Waals surface area (Å²) >= 11 is 0. The predicted octanol–water partition coefficient (Wildman–Crippen LogP) is 2.57. The molecule has 1 saturated heterocycles. The number of amides is 2. The Morgan fingerprint density at radius 2 is 2.09 bits per heavy atom. The van der Waals surface area contributed by atoms with Crippen LogP contribution in [0.15, 0.2) is 30.3 Å². The third kappa shape index (κ3) is 5.19. The molecule has 3 heterocycles. The van der Waals surface area contributed by atoms with E-state index in [1.54, 1.807) is 23.6 Å². The van der Waals surface area contributed by atoms with Crippen molar-refractivity contribution < 1.29 is 14.0 Å². The molecule has 4 rings (SSSR count). The van der Waals surface area contributed by atoms with Gasteiger partial charge < -0.3 is 15.5 Å². The Bertz CT molecular complexity index is 1130. The Morgan fingerprint density at radius 1 is 1.22 bits per heavy atom. The van der Waals surface area contributed by atoms with Crippen molar-refractivity contribution in [3.8, 4) is 0 Å². The zero-order valence-electron chi connectivity index (χ0n) is 18.0. The molecule has 2 aromatic heterocycles. The number of rotatable bonds is 9. The van der Waals surface area contributed by atoms with Crippen LogP contribution in [0, 0.1) is 12.7 Å². The minimum atomic E-state index is -0.359. The maximum atomic E-state index is 13.7. The number of aromatic nitrogens is 4. The molecule has 2 N–H and O–H groups in total. The summed E-state index contributed by atoms with van der Waals surface area (Å²) in [7, 11) is 0. The van der Waals surface area contributed by atoms with E-state index in [4.69, 9.17) is 0 Å². The fourth-order valence-corrected chi connectivity index (χ4v) is 3.63. The molecule has 2 amide bonds. The van der Waals surface area contributed by atoms with Gasteiger partial charge in [-0.25, -0.2) is 4.39 Å². The fourth-order valence-electron chi connectivity index (χ4n) is 3.63. The molecule has 0 aliphatic carbocycles. The number of hydrogen-bond donors (Lipinski definition) is 2. The van der Waals surface area contributed by atoms with E-state index in [0.29, 0.717) is 47.9 Å². The van der Waals surface area contributed by atoms with E-state index in [1.807, 2.05) is 17.0 Å². The highest BCUT2D eigenvalue weighted by atomic mass is 19.1. The highest BCUT2D eigenvalue weighted by Gasteiger charge is 2.19. The summed E-state index contributed by atoms with van der Waals surface area (Å²) in [6.45, 7) is 3.95. The molecule has 0 radical (unpaired) electrons. The zero-order valence-corrected chi connectivity index (χ0v) is 18.0. The van der Waals surface area contributed by atoms with Crippen LogP contribution in [0.1, 0.15) is 37.1 Å². The van der Waals surface area contributed by atoms with Crippen LogP contribution in [0.25, 0.3) is 5.65 Å². The van der Waals surface area contributed by atoms with Gasteiger partial charge >= 0.3 is 0 Å². The number of benzene rings is 1. The number of carbonyl (C=O) groups is 2. The molecule has 0 bridgehead atoms. The van der Waals surface area contributed by atoms with Crippen LogP contribution in [0.5, 0.6) is 0 Å². The van der Waals surface area contributed by atoms with E-state index in [9.17, 15) is 14.0 Å². The first-order valence-corrected chi connectivity index (χ1v) is 10.8. The Morgan fingerprint density at radius 3 is 2.88 bits per heavy atom. The SMILES string of the molecule is Cc1ccc(NC(=O)CCc2nnc3ccc(NCCCN4CCCC4=O)nn23)cc1F. The molecule has 0 saturated carbocycles. The average Bonchev–Trinajstić information content (AvgIpc) is 3.38. The number of anilines is 2. The van der Waals surface area contributed by atoms with E-state index in [2.05, 4.69) is 25.9 Å². The molecule has 1 aromatic carbocycles. The third-order valence-corrected chi connectivity index (χ3v) is 5.44. The van der Waals surface area contributed by atoms with Crippen LogP contribution in [-0.4, -0.2) is 56.2 Å². The number of likely N-dealkylation sites (tertiary alicyclic amines) is 1. The van der Waals surface area contributed by atoms with Gasteiger partial charge in [0.2, 0.25) is 11.8 Å². The number of carbonyl (C=O) groups excluding carboxylic acids is 2. The molecule has 10 heteroatoms. The van der Waals surface area contributed by atoms with E-state index in [1.165, 1.54) is 6.07 Å². The summed E-state index contributed by atoms with van der Waals surface area (Å²) in [6, 6.07) is 8.23. The van der Waals surface area contributed by atoms with E-state index in [0.717, 1.165) is 25.9 Å². The minimum Gasteiger partial charge on any atom is -0.369 e. The number of hydrogen-bond acceptors (Lipinski definition) is 6. The van der Waals surface area contributed by atoms with Gasteiger partial charge in [-0.3, -0.25) is 9.59 Å². The third-order valence-electron chi connectivity index (χ3n) is 5.44. The minimum absolute atomic E-state index is 0.166. The van der Waals surface area contributed by atoms with E-state index >= 15 is 0 Å². The summed E-state index contributed by atoms with van der Waals surface area (Å²) in [6.07, 6.45) is 2.94. The molecule has 0 spiro atoms. The first kappa shape index (κ1) is 21.7. The van der Waals surface area contributed by atoms with Crippen LogP contribution >= 0.6 is 0 Å². The number of nitrogens with one attached hydrogen (secondary N) is 2. The number of fused-ring (bicyclic) bond motifs is 1. The van der Waals surface area contributed by atoms with Crippen molar-refractivity contribution in [2.24, 2.45) is 0 Å². The number of nitrogens with zero attached hydrogens (tertiary/aromatic N) is 5. The summed E-state index contributed by atoms with van der Waals surface area (Å²) in [5, 5.41) is 18.7. The number of aryl methyl sites for hydroxylation is 2. The van der Waals surface area contributed by atoms with E-state index in [-0.39, 0.29) is 24.1 Å². The van der Waals surface area contributed by atoms with Gasteiger partial charge in [-0.15, -0.1) is 15.3 Å². The summed E-state index contributed by atoms with van der Waals surface area (Å²) < 4.78 is 15.3. The van der Waals surface area contributed by atoms with Crippen LogP contribution in [0.4, 0.5) is 15.9 Å². The fraction of sp³-hybridized carbons (Fsp3) is 0.409. The van der Waals surface area contributed by atoms with Crippen molar-refractivity contribution >= 4 is 29.0 Å². The molecule has 32 heavy (non-hydrogen) atoms. The lowest BCUT2D eigenvalue weighted by Crippen LogP contribution is -2.27. The van der Waals surface area contributed by atoms with Crippen molar-refractivity contribution in [2.45, 2.75) is 39.0 Å². The zero-order chi connectivity index (χ0) is 22.5. The highest BCUT2D eigenvalue weighted by molar-refractivity contribution is 5.90. The summed E-state index contributed by atoms with van der Waals surface area (Å²) in [5.74, 6) is 0.871.